The predicted octanol–water partition coefficient (Wildman–Crippen LogP) is 4.10. The second kappa shape index (κ2) is 11.4. The lowest BCUT2D eigenvalue weighted by molar-refractivity contribution is -0.115. The number of hydrogen-bond donors (Lipinski definition) is 1. The Hall–Kier alpha value is -2.68. The van der Waals surface area contributed by atoms with E-state index >= 15 is 0 Å². The second-order valence-corrected chi connectivity index (χ2v) is 9.41. The maximum atomic E-state index is 13.3. The van der Waals surface area contributed by atoms with Crippen LogP contribution in [0, 0.1) is 5.95 Å². The summed E-state index contributed by atoms with van der Waals surface area (Å²) in [7, 11) is 2.18. The van der Waals surface area contributed by atoms with Crippen molar-refractivity contribution in [3.8, 4) is 11.3 Å². The Labute approximate surface area is 198 Å². The highest BCUT2D eigenvalue weighted by molar-refractivity contribution is 7.14. The number of amides is 1. The van der Waals surface area contributed by atoms with E-state index in [4.69, 9.17) is 0 Å². The third kappa shape index (κ3) is 7.15. The molecule has 0 radical (unpaired) electrons. The van der Waals surface area contributed by atoms with Gasteiger partial charge in [-0.05, 0) is 50.0 Å². The van der Waals surface area contributed by atoms with E-state index < -0.39 is 5.95 Å². The average molecular weight is 468 g/mol. The van der Waals surface area contributed by atoms with Crippen LogP contribution in [0.1, 0.15) is 24.0 Å². The zero-order valence-corrected chi connectivity index (χ0v) is 19.8. The van der Waals surface area contributed by atoms with Gasteiger partial charge in [-0.2, -0.15) is 4.39 Å². The number of nitrogens with zero attached hydrogens (tertiary/aromatic N) is 4. The van der Waals surface area contributed by atoms with E-state index in [1.165, 1.54) is 48.7 Å². The summed E-state index contributed by atoms with van der Waals surface area (Å²) >= 11 is 1.33. The number of likely N-dealkylation sites (N-methyl/N-ethyl adjacent to an activating group) is 1. The summed E-state index contributed by atoms with van der Waals surface area (Å²) in [6.07, 6.45) is 5.08. The van der Waals surface area contributed by atoms with E-state index in [9.17, 15) is 9.18 Å². The topological polar surface area (TPSA) is 61.4 Å². The summed E-state index contributed by atoms with van der Waals surface area (Å²) in [5.74, 6) is -0.658. The van der Waals surface area contributed by atoms with Crippen LogP contribution in [-0.2, 0) is 17.6 Å². The Kier molecular flexibility index (Phi) is 8.15. The molecule has 1 aromatic carbocycles. The highest BCUT2D eigenvalue weighted by Crippen LogP contribution is 2.25. The third-order valence-corrected chi connectivity index (χ3v) is 6.67. The summed E-state index contributed by atoms with van der Waals surface area (Å²) in [5.41, 5.74) is 3.53. The predicted molar refractivity (Wildman–Crippen MR) is 131 cm³/mol. The molecule has 0 aliphatic carbocycles. The van der Waals surface area contributed by atoms with Crippen LogP contribution in [0.5, 0.6) is 0 Å². The molecular formula is C25H30FN5OS. The fourth-order valence-electron chi connectivity index (χ4n) is 4.01. The van der Waals surface area contributed by atoms with Crippen LogP contribution < -0.4 is 5.32 Å². The number of unbranched alkanes of at least 4 members (excludes halogenated alkanes) is 1. The zero-order valence-electron chi connectivity index (χ0n) is 19.0. The molecule has 33 heavy (non-hydrogen) atoms. The van der Waals surface area contributed by atoms with Gasteiger partial charge in [0.1, 0.15) is 0 Å². The lowest BCUT2D eigenvalue weighted by Gasteiger charge is -2.32. The van der Waals surface area contributed by atoms with E-state index in [1.54, 1.807) is 11.4 Å². The number of aryl methyl sites for hydroxylation is 1. The second-order valence-electron chi connectivity index (χ2n) is 8.55. The Morgan fingerprint density at radius 1 is 1.12 bits per heavy atom. The highest BCUT2D eigenvalue weighted by Gasteiger charge is 2.13. The molecule has 2 aromatic heterocycles. The number of aromatic nitrogens is 2. The Balaban J connectivity index is 1.23. The van der Waals surface area contributed by atoms with Crippen LogP contribution in [0.2, 0.25) is 0 Å². The summed E-state index contributed by atoms with van der Waals surface area (Å²) in [5, 5.41) is 5.16. The van der Waals surface area contributed by atoms with E-state index in [-0.39, 0.29) is 5.91 Å². The van der Waals surface area contributed by atoms with E-state index in [0.717, 1.165) is 38.0 Å². The van der Waals surface area contributed by atoms with Crippen molar-refractivity contribution in [3.63, 3.8) is 0 Å². The van der Waals surface area contributed by atoms with E-state index in [0.29, 0.717) is 22.8 Å². The van der Waals surface area contributed by atoms with Gasteiger partial charge in [0.15, 0.2) is 5.13 Å². The molecule has 0 saturated carbocycles. The van der Waals surface area contributed by atoms with Crippen LogP contribution >= 0.6 is 11.3 Å². The first-order valence-electron chi connectivity index (χ1n) is 11.4. The van der Waals surface area contributed by atoms with Crippen molar-refractivity contribution in [2.75, 3.05) is 45.1 Å². The molecule has 1 aliphatic heterocycles. The molecular weight excluding hydrogens is 437 g/mol. The smallest absolute Gasteiger partial charge is 0.230 e. The monoisotopic (exact) mass is 467 g/mol. The quantitative estimate of drug-likeness (QED) is 0.379. The number of thiazole rings is 1. The number of nitrogens with one attached hydrogen (secondary N) is 1. The molecule has 0 spiro atoms. The summed E-state index contributed by atoms with van der Waals surface area (Å²) in [4.78, 5) is 25.4. The molecule has 1 aliphatic rings. The lowest BCUT2D eigenvalue weighted by Crippen LogP contribution is -2.44. The largest absolute Gasteiger partial charge is 0.304 e. The van der Waals surface area contributed by atoms with Gasteiger partial charge in [-0.3, -0.25) is 4.79 Å². The Morgan fingerprint density at radius 3 is 2.76 bits per heavy atom. The molecule has 1 fully saturated rings. The number of benzene rings is 1. The zero-order chi connectivity index (χ0) is 23.0. The maximum Gasteiger partial charge on any atom is 0.230 e. The van der Waals surface area contributed by atoms with E-state index in [1.807, 2.05) is 12.1 Å². The van der Waals surface area contributed by atoms with Crippen molar-refractivity contribution in [1.82, 2.24) is 19.8 Å². The van der Waals surface area contributed by atoms with Crippen LogP contribution in [0.15, 0.2) is 48.0 Å². The van der Waals surface area contributed by atoms with Crippen molar-refractivity contribution >= 4 is 22.4 Å². The van der Waals surface area contributed by atoms with Crippen molar-refractivity contribution in [2.24, 2.45) is 0 Å². The number of anilines is 1. The molecule has 1 saturated heterocycles. The lowest BCUT2D eigenvalue weighted by atomic mass is 10.0. The van der Waals surface area contributed by atoms with E-state index in [2.05, 4.69) is 44.3 Å². The molecule has 1 amide bonds. The number of halogens is 1. The van der Waals surface area contributed by atoms with Crippen LogP contribution in [0.25, 0.3) is 11.3 Å². The van der Waals surface area contributed by atoms with Crippen molar-refractivity contribution < 1.29 is 9.18 Å². The van der Waals surface area contributed by atoms with Gasteiger partial charge in [0.05, 0.1) is 12.1 Å². The van der Waals surface area contributed by atoms with Gasteiger partial charge in [-0.15, -0.1) is 11.3 Å². The minimum atomic E-state index is -0.551. The standard InChI is InChI=1S/C25H30FN5OS/c1-30-11-13-31(14-12-30)10-3-2-5-19-6-4-7-20(15-19)16-24(32)29-25-28-22(18-33-25)21-8-9-27-23(26)17-21/h4,6-9,15,17-18H,2-3,5,10-14,16H2,1H3,(H,28,29,32). The van der Waals surface area contributed by atoms with Gasteiger partial charge in [0.2, 0.25) is 11.9 Å². The Morgan fingerprint density at radius 2 is 1.94 bits per heavy atom. The van der Waals surface area contributed by atoms with Gasteiger partial charge in [-0.1, -0.05) is 24.3 Å². The molecule has 174 valence electrons. The summed E-state index contributed by atoms with van der Waals surface area (Å²) in [6, 6.07) is 11.3. The molecule has 1 N–H and O–H groups in total. The van der Waals surface area contributed by atoms with Gasteiger partial charge >= 0.3 is 0 Å². The van der Waals surface area contributed by atoms with Crippen molar-refractivity contribution in [2.45, 2.75) is 25.7 Å². The van der Waals surface area contributed by atoms with Crippen molar-refractivity contribution in [3.05, 3.63) is 65.0 Å². The summed E-state index contributed by atoms with van der Waals surface area (Å²) in [6.45, 7) is 5.82. The fourth-order valence-corrected chi connectivity index (χ4v) is 4.74. The molecule has 6 nitrogen and oxygen atoms in total. The number of pyridine rings is 1. The number of carbonyl (C=O) groups is 1. The minimum absolute atomic E-state index is 0.107. The van der Waals surface area contributed by atoms with Crippen LogP contribution in [-0.4, -0.2) is 65.4 Å². The first kappa shape index (κ1) is 23.5. The third-order valence-electron chi connectivity index (χ3n) is 5.91. The maximum absolute atomic E-state index is 13.3. The molecule has 4 rings (SSSR count). The van der Waals surface area contributed by atoms with Gasteiger partial charge < -0.3 is 15.1 Å². The Bertz CT molecular complexity index is 1060. The first-order chi connectivity index (χ1) is 16.0. The average Bonchev–Trinajstić information content (AvgIpc) is 3.26. The van der Waals surface area contributed by atoms with Crippen LogP contribution in [0.4, 0.5) is 9.52 Å². The molecule has 3 heterocycles. The van der Waals surface area contributed by atoms with Gasteiger partial charge in [0.25, 0.3) is 0 Å². The number of carbonyl (C=O) groups excluding carboxylic acids is 1. The first-order valence-corrected chi connectivity index (χ1v) is 12.3. The molecule has 0 bridgehead atoms. The summed E-state index contributed by atoms with van der Waals surface area (Å²) < 4.78 is 13.3. The minimum Gasteiger partial charge on any atom is -0.304 e. The molecule has 8 heteroatoms. The highest BCUT2D eigenvalue weighted by atomic mass is 32.1. The molecule has 3 aromatic rings. The van der Waals surface area contributed by atoms with Crippen molar-refractivity contribution in [1.29, 1.82) is 0 Å². The number of hydrogen-bond acceptors (Lipinski definition) is 6. The molecule has 0 unspecified atom stereocenters. The normalized spacial score (nSPS) is 15.0. The van der Waals surface area contributed by atoms with Gasteiger partial charge in [-0.25, -0.2) is 9.97 Å². The van der Waals surface area contributed by atoms with Gasteiger partial charge in [0, 0.05) is 49.4 Å². The number of rotatable bonds is 9. The molecule has 0 atom stereocenters. The fraction of sp³-hybridized carbons (Fsp3) is 0.400. The van der Waals surface area contributed by atoms with Crippen LogP contribution in [0.3, 0.4) is 0 Å². The number of piperazine rings is 1. The SMILES string of the molecule is CN1CCN(CCCCc2cccc(CC(=O)Nc3nc(-c4ccnc(F)c4)cs3)c2)CC1.